The molecule has 8 nitrogen and oxygen atoms in total. The average Bonchev–Trinajstić information content (AvgIpc) is 3.22. The summed E-state index contributed by atoms with van der Waals surface area (Å²) in [6.07, 6.45) is -1.93. The summed E-state index contributed by atoms with van der Waals surface area (Å²) < 4.78 is 48.3. The van der Waals surface area contributed by atoms with Crippen LogP contribution in [0.2, 0.25) is 0 Å². The lowest BCUT2D eigenvalue weighted by molar-refractivity contribution is -0.137. The Morgan fingerprint density at radius 2 is 1.79 bits per heavy atom. The average molecular weight is 540 g/mol. The van der Waals surface area contributed by atoms with Crippen molar-refractivity contribution >= 4 is 17.5 Å². The fourth-order valence-electron chi connectivity index (χ4n) is 4.16. The number of para-hydroxylation sites is 1. The molecule has 2 amide bonds. The number of aryl methyl sites for hydroxylation is 2. The first-order valence-electron chi connectivity index (χ1n) is 12.2. The Balaban J connectivity index is 1.70. The molecule has 0 fully saturated rings. The maximum atomic E-state index is 13.4. The third kappa shape index (κ3) is 6.37. The van der Waals surface area contributed by atoms with Crippen LogP contribution < -0.4 is 16.2 Å². The lowest BCUT2D eigenvalue weighted by atomic mass is 10.0. The molecule has 0 atom stereocenters. The molecule has 0 spiro atoms. The minimum absolute atomic E-state index is 0.0557. The number of nitrogens with zero attached hydrogens (tertiary/aromatic N) is 3. The fourth-order valence-corrected chi connectivity index (χ4v) is 4.16. The Kier molecular flexibility index (Phi) is 8.20. The molecule has 2 N–H and O–H groups in total. The van der Waals surface area contributed by atoms with E-state index in [1.165, 1.54) is 16.7 Å². The van der Waals surface area contributed by atoms with Crippen LogP contribution in [0.5, 0.6) is 0 Å². The number of hydrogen-bond acceptors (Lipinski definition) is 4. The molecule has 0 unspecified atom stereocenters. The van der Waals surface area contributed by atoms with E-state index in [1.54, 1.807) is 50.2 Å². The number of methoxy groups -OCH3 is 1. The maximum Gasteiger partial charge on any atom is 0.416 e. The summed E-state index contributed by atoms with van der Waals surface area (Å²) in [6, 6.07) is 14.7. The highest BCUT2D eigenvalue weighted by atomic mass is 19.4. The Morgan fingerprint density at radius 3 is 2.46 bits per heavy atom. The molecule has 0 bridgehead atoms. The van der Waals surface area contributed by atoms with Gasteiger partial charge in [-0.3, -0.25) is 10.1 Å². The first-order valence-corrected chi connectivity index (χ1v) is 12.2. The van der Waals surface area contributed by atoms with Crippen molar-refractivity contribution in [2.45, 2.75) is 25.9 Å². The zero-order chi connectivity index (χ0) is 28.2. The van der Waals surface area contributed by atoms with Gasteiger partial charge in [-0.05, 0) is 55.7 Å². The number of alkyl halides is 3. The quantitative estimate of drug-likeness (QED) is 0.278. The number of amides is 2. The van der Waals surface area contributed by atoms with Crippen LogP contribution in [0, 0.1) is 6.92 Å². The smallest absolute Gasteiger partial charge is 0.385 e. The second kappa shape index (κ2) is 11.6. The summed E-state index contributed by atoms with van der Waals surface area (Å²) >= 11 is 0. The highest BCUT2D eigenvalue weighted by molar-refractivity contribution is 6.01. The van der Waals surface area contributed by atoms with Gasteiger partial charge in [0, 0.05) is 49.8 Å². The monoisotopic (exact) mass is 539 g/mol. The minimum atomic E-state index is -4.56. The SMILES string of the molecule is COCCCc1ccc(C(F)(F)F)cc1NC(=O)Nc1c(C)c(-c2ccc(=O)n(C)c2)nn1-c1ccccc1. The number of anilines is 2. The predicted octanol–water partition coefficient (Wildman–Crippen LogP) is 5.79. The molecule has 39 heavy (non-hydrogen) atoms. The molecular formula is C28H28F3N5O3. The summed E-state index contributed by atoms with van der Waals surface area (Å²) in [5.74, 6) is 0.329. The number of aromatic nitrogens is 3. The van der Waals surface area contributed by atoms with Crippen LogP contribution in [0.3, 0.4) is 0 Å². The molecule has 0 aliphatic heterocycles. The van der Waals surface area contributed by atoms with E-state index in [9.17, 15) is 22.8 Å². The topological polar surface area (TPSA) is 90.2 Å². The molecular weight excluding hydrogens is 511 g/mol. The normalized spacial score (nSPS) is 11.4. The summed E-state index contributed by atoms with van der Waals surface area (Å²) in [4.78, 5) is 25.1. The van der Waals surface area contributed by atoms with E-state index in [-0.39, 0.29) is 11.2 Å². The third-order valence-electron chi connectivity index (χ3n) is 6.19. The Bertz CT molecular complexity index is 1530. The number of ether oxygens (including phenoxy) is 1. The van der Waals surface area contributed by atoms with Gasteiger partial charge in [-0.1, -0.05) is 24.3 Å². The molecule has 2 aromatic carbocycles. The van der Waals surface area contributed by atoms with E-state index >= 15 is 0 Å². The van der Waals surface area contributed by atoms with E-state index in [4.69, 9.17) is 9.84 Å². The van der Waals surface area contributed by atoms with Gasteiger partial charge in [-0.2, -0.15) is 18.3 Å². The first-order chi connectivity index (χ1) is 18.6. The highest BCUT2D eigenvalue weighted by Gasteiger charge is 2.31. The maximum absolute atomic E-state index is 13.4. The Hall–Kier alpha value is -4.38. The number of pyridine rings is 1. The highest BCUT2D eigenvalue weighted by Crippen LogP contribution is 2.33. The van der Waals surface area contributed by atoms with Crippen LogP contribution in [0.15, 0.2) is 71.7 Å². The zero-order valence-corrected chi connectivity index (χ0v) is 21.7. The largest absolute Gasteiger partial charge is 0.416 e. The van der Waals surface area contributed by atoms with Crippen molar-refractivity contribution in [3.05, 3.63) is 93.9 Å². The molecule has 0 saturated carbocycles. The summed E-state index contributed by atoms with van der Waals surface area (Å²) in [5, 5.41) is 10.1. The second-order valence-electron chi connectivity index (χ2n) is 8.98. The van der Waals surface area contributed by atoms with Crippen molar-refractivity contribution in [1.82, 2.24) is 14.3 Å². The number of urea groups is 1. The number of hydrogen-bond donors (Lipinski definition) is 2. The standard InChI is InChI=1S/C28H28F3N5O3/c1-18-25(20-12-14-24(37)35(2)17-20)34-36(22-9-5-4-6-10-22)26(18)33-27(38)32-23-16-21(28(29,30)31)13-11-19(23)8-7-15-39-3/h4-6,9-14,16-17H,7-8,15H2,1-3H3,(H2,32,33,38). The molecule has 0 radical (unpaired) electrons. The second-order valence-corrected chi connectivity index (χ2v) is 8.98. The Labute approximate surface area is 223 Å². The van der Waals surface area contributed by atoms with Crippen LogP contribution in [0.1, 0.15) is 23.1 Å². The number of rotatable bonds is 8. The van der Waals surface area contributed by atoms with Gasteiger partial charge in [-0.25, -0.2) is 9.48 Å². The predicted molar refractivity (Wildman–Crippen MR) is 143 cm³/mol. The molecule has 4 aromatic rings. The van der Waals surface area contributed by atoms with Crippen LogP contribution in [0.25, 0.3) is 16.9 Å². The molecule has 11 heteroatoms. The van der Waals surface area contributed by atoms with Crippen molar-refractivity contribution < 1.29 is 22.7 Å². The summed E-state index contributed by atoms with van der Waals surface area (Å²) in [6.45, 7) is 2.19. The molecule has 0 saturated heterocycles. The van der Waals surface area contributed by atoms with E-state index in [1.807, 2.05) is 18.2 Å². The molecule has 0 aliphatic rings. The van der Waals surface area contributed by atoms with Crippen molar-refractivity contribution in [2.24, 2.45) is 7.05 Å². The Morgan fingerprint density at radius 1 is 1.05 bits per heavy atom. The van der Waals surface area contributed by atoms with Gasteiger partial charge in [0.15, 0.2) is 0 Å². The van der Waals surface area contributed by atoms with Gasteiger partial charge in [0.2, 0.25) is 5.56 Å². The van der Waals surface area contributed by atoms with Gasteiger partial charge < -0.3 is 14.6 Å². The van der Waals surface area contributed by atoms with E-state index in [2.05, 4.69) is 10.6 Å². The lowest BCUT2D eigenvalue weighted by Crippen LogP contribution is -2.23. The molecule has 4 rings (SSSR count). The van der Waals surface area contributed by atoms with Crippen LogP contribution in [0.4, 0.5) is 29.5 Å². The van der Waals surface area contributed by atoms with Crippen molar-refractivity contribution in [1.29, 1.82) is 0 Å². The zero-order valence-electron chi connectivity index (χ0n) is 21.7. The molecule has 0 aliphatic carbocycles. The van der Waals surface area contributed by atoms with Gasteiger partial charge in [0.05, 0.1) is 16.9 Å². The van der Waals surface area contributed by atoms with E-state index < -0.39 is 17.8 Å². The first kappa shape index (κ1) is 27.6. The minimum Gasteiger partial charge on any atom is -0.385 e. The van der Waals surface area contributed by atoms with Gasteiger partial charge in [0.1, 0.15) is 5.82 Å². The van der Waals surface area contributed by atoms with Crippen molar-refractivity contribution in [3.63, 3.8) is 0 Å². The van der Waals surface area contributed by atoms with E-state index in [0.717, 1.165) is 12.1 Å². The van der Waals surface area contributed by atoms with Gasteiger partial charge >= 0.3 is 12.2 Å². The van der Waals surface area contributed by atoms with Gasteiger partial charge in [-0.15, -0.1) is 0 Å². The fraction of sp³-hybridized carbons (Fsp3) is 0.250. The number of halogens is 3. The van der Waals surface area contributed by atoms with Crippen LogP contribution in [-0.2, 0) is 24.4 Å². The summed E-state index contributed by atoms with van der Waals surface area (Å²) in [7, 11) is 3.17. The number of carbonyl (C=O) groups excluding carboxylic acids is 1. The van der Waals surface area contributed by atoms with Crippen LogP contribution in [-0.4, -0.2) is 34.1 Å². The van der Waals surface area contributed by atoms with Crippen molar-refractivity contribution in [2.75, 3.05) is 24.4 Å². The van der Waals surface area contributed by atoms with E-state index in [0.29, 0.717) is 53.3 Å². The molecule has 2 heterocycles. The lowest BCUT2D eigenvalue weighted by Gasteiger charge is -2.16. The van der Waals surface area contributed by atoms with Crippen molar-refractivity contribution in [3.8, 4) is 16.9 Å². The number of carbonyl (C=O) groups is 1. The molecule has 2 aromatic heterocycles. The number of benzene rings is 2. The third-order valence-corrected chi connectivity index (χ3v) is 6.19. The number of nitrogens with one attached hydrogen (secondary N) is 2. The summed E-state index contributed by atoms with van der Waals surface area (Å²) in [5.41, 5.74) is 2.02. The molecule has 204 valence electrons. The van der Waals surface area contributed by atoms with Crippen LogP contribution >= 0.6 is 0 Å². The van der Waals surface area contributed by atoms with Gasteiger partial charge in [0.25, 0.3) is 0 Å².